The van der Waals surface area contributed by atoms with E-state index in [9.17, 15) is 0 Å². The topological polar surface area (TPSA) is 44.3 Å². The van der Waals surface area contributed by atoms with Gasteiger partial charge in [-0.1, -0.05) is 0 Å². The maximum absolute atomic E-state index is 4.30. The van der Waals surface area contributed by atoms with Crippen LogP contribution in [0.25, 0.3) is 0 Å². The fraction of sp³-hybridized carbons (Fsp3) is 0.667. The van der Waals surface area contributed by atoms with E-state index in [1.165, 1.54) is 0 Å². The van der Waals surface area contributed by atoms with Crippen LogP contribution in [0.2, 0.25) is 0 Å². The molecule has 1 heterocycles. The molecule has 0 aliphatic rings. The third-order valence-corrected chi connectivity index (χ3v) is 2.82. The number of nitrogens with zero attached hydrogens (tertiary/aromatic N) is 4. The molecule has 0 saturated carbocycles. The zero-order valence-corrected chi connectivity index (χ0v) is 11.3. The molecule has 0 aromatic carbocycles. The van der Waals surface area contributed by atoms with Crippen molar-refractivity contribution in [3.05, 3.63) is 12.4 Å². The van der Waals surface area contributed by atoms with Gasteiger partial charge in [0.25, 0.3) is 0 Å². The summed E-state index contributed by atoms with van der Waals surface area (Å²) in [4.78, 5) is 12.8. The molecule has 5 heteroatoms. The first-order valence-corrected chi connectivity index (χ1v) is 6.08. The maximum atomic E-state index is 4.30. The fourth-order valence-electron chi connectivity index (χ4n) is 1.52. The SMILES string of the molecule is CCN(C)c1cc(N(C)CCCNC)ncn1. The van der Waals surface area contributed by atoms with Crippen molar-refractivity contribution in [2.45, 2.75) is 13.3 Å². The summed E-state index contributed by atoms with van der Waals surface area (Å²) >= 11 is 0. The van der Waals surface area contributed by atoms with Crippen LogP contribution in [0, 0.1) is 0 Å². The van der Waals surface area contributed by atoms with Gasteiger partial charge in [-0.05, 0) is 26.9 Å². The van der Waals surface area contributed by atoms with E-state index in [1.807, 2.05) is 20.2 Å². The van der Waals surface area contributed by atoms with Crippen molar-refractivity contribution in [3.8, 4) is 0 Å². The second-order valence-electron chi connectivity index (χ2n) is 4.13. The van der Waals surface area contributed by atoms with Crippen molar-refractivity contribution in [2.75, 3.05) is 50.6 Å². The lowest BCUT2D eigenvalue weighted by Gasteiger charge is -2.20. The average Bonchev–Trinajstić information content (AvgIpc) is 2.38. The molecule has 0 spiro atoms. The van der Waals surface area contributed by atoms with E-state index in [4.69, 9.17) is 0 Å². The van der Waals surface area contributed by atoms with Crippen LogP contribution in [-0.2, 0) is 0 Å². The van der Waals surface area contributed by atoms with Crippen molar-refractivity contribution in [3.63, 3.8) is 0 Å². The highest BCUT2D eigenvalue weighted by atomic mass is 15.2. The van der Waals surface area contributed by atoms with Crippen LogP contribution < -0.4 is 15.1 Å². The van der Waals surface area contributed by atoms with Gasteiger partial charge in [-0.2, -0.15) is 0 Å². The van der Waals surface area contributed by atoms with Crippen LogP contribution in [0.15, 0.2) is 12.4 Å². The van der Waals surface area contributed by atoms with Gasteiger partial charge in [-0.3, -0.25) is 0 Å². The van der Waals surface area contributed by atoms with Crippen LogP contribution in [0.4, 0.5) is 11.6 Å². The summed E-state index contributed by atoms with van der Waals surface area (Å²) in [7, 11) is 6.07. The predicted molar refractivity (Wildman–Crippen MR) is 72.8 cm³/mol. The minimum absolute atomic E-state index is 0.944. The first-order valence-electron chi connectivity index (χ1n) is 6.08. The zero-order chi connectivity index (χ0) is 12.7. The molecule has 0 fully saturated rings. The number of hydrogen-bond acceptors (Lipinski definition) is 5. The summed E-state index contributed by atoms with van der Waals surface area (Å²) in [6.45, 7) is 5.07. The van der Waals surface area contributed by atoms with Gasteiger partial charge < -0.3 is 15.1 Å². The summed E-state index contributed by atoms with van der Waals surface area (Å²) in [5, 5.41) is 3.15. The summed E-state index contributed by atoms with van der Waals surface area (Å²) in [6.07, 6.45) is 2.74. The Morgan fingerprint density at radius 2 is 1.82 bits per heavy atom. The maximum Gasteiger partial charge on any atom is 0.133 e. The lowest BCUT2D eigenvalue weighted by molar-refractivity contribution is 0.708. The third kappa shape index (κ3) is 4.19. The van der Waals surface area contributed by atoms with Crippen molar-refractivity contribution in [1.29, 1.82) is 0 Å². The lowest BCUT2D eigenvalue weighted by Crippen LogP contribution is -2.24. The molecule has 1 aromatic rings. The Labute approximate surface area is 104 Å². The normalized spacial score (nSPS) is 10.4. The number of aromatic nitrogens is 2. The van der Waals surface area contributed by atoms with Crippen LogP contribution in [0.1, 0.15) is 13.3 Å². The van der Waals surface area contributed by atoms with Crippen LogP contribution in [-0.4, -0.2) is 50.7 Å². The highest BCUT2D eigenvalue weighted by Gasteiger charge is 2.06. The fourth-order valence-corrected chi connectivity index (χ4v) is 1.52. The Morgan fingerprint density at radius 1 is 1.18 bits per heavy atom. The van der Waals surface area contributed by atoms with Gasteiger partial charge in [0.1, 0.15) is 18.0 Å². The second-order valence-corrected chi connectivity index (χ2v) is 4.13. The average molecular weight is 237 g/mol. The Kier molecular flexibility index (Phi) is 5.69. The Hall–Kier alpha value is -1.36. The molecule has 1 aromatic heterocycles. The van der Waals surface area contributed by atoms with Crippen LogP contribution in [0.5, 0.6) is 0 Å². The summed E-state index contributed by atoms with van der Waals surface area (Å²) in [5.41, 5.74) is 0. The van der Waals surface area contributed by atoms with Crippen molar-refractivity contribution >= 4 is 11.6 Å². The highest BCUT2D eigenvalue weighted by molar-refractivity contribution is 5.49. The molecular weight excluding hydrogens is 214 g/mol. The van der Waals surface area contributed by atoms with Gasteiger partial charge in [0.15, 0.2) is 0 Å². The minimum atomic E-state index is 0.944. The smallest absolute Gasteiger partial charge is 0.133 e. The number of anilines is 2. The predicted octanol–water partition coefficient (Wildman–Crippen LogP) is 0.978. The van der Waals surface area contributed by atoms with Crippen molar-refractivity contribution in [1.82, 2.24) is 15.3 Å². The summed E-state index contributed by atoms with van der Waals surface area (Å²) in [5.74, 6) is 1.95. The molecule has 17 heavy (non-hydrogen) atoms. The first-order chi connectivity index (χ1) is 8.19. The van der Waals surface area contributed by atoms with E-state index in [0.717, 1.165) is 37.7 Å². The molecule has 0 saturated heterocycles. The molecule has 1 rings (SSSR count). The van der Waals surface area contributed by atoms with Gasteiger partial charge in [0, 0.05) is 33.3 Å². The molecule has 0 atom stereocenters. The second kappa shape index (κ2) is 7.06. The molecular formula is C12H23N5. The first kappa shape index (κ1) is 13.7. The van der Waals surface area contributed by atoms with E-state index in [0.29, 0.717) is 0 Å². The standard InChI is InChI=1S/C12H23N5/c1-5-16(3)11-9-12(15-10-14-11)17(4)8-6-7-13-2/h9-10,13H,5-8H2,1-4H3. The third-order valence-electron chi connectivity index (χ3n) is 2.82. The van der Waals surface area contributed by atoms with Gasteiger partial charge in [-0.15, -0.1) is 0 Å². The van der Waals surface area contributed by atoms with E-state index in [1.54, 1.807) is 6.33 Å². The molecule has 0 aliphatic carbocycles. The van der Waals surface area contributed by atoms with E-state index < -0.39 is 0 Å². The van der Waals surface area contributed by atoms with Gasteiger partial charge >= 0.3 is 0 Å². The Balaban J connectivity index is 2.63. The van der Waals surface area contributed by atoms with Crippen LogP contribution in [0.3, 0.4) is 0 Å². The zero-order valence-electron chi connectivity index (χ0n) is 11.3. The Morgan fingerprint density at radius 3 is 2.41 bits per heavy atom. The van der Waals surface area contributed by atoms with Gasteiger partial charge in [-0.25, -0.2) is 9.97 Å². The molecule has 5 nitrogen and oxygen atoms in total. The van der Waals surface area contributed by atoms with Crippen LogP contribution >= 0.6 is 0 Å². The summed E-state index contributed by atoms with van der Waals surface area (Å²) < 4.78 is 0. The number of hydrogen-bond donors (Lipinski definition) is 1. The number of nitrogens with one attached hydrogen (secondary N) is 1. The monoisotopic (exact) mass is 237 g/mol. The molecule has 96 valence electrons. The highest BCUT2D eigenvalue weighted by Crippen LogP contribution is 2.15. The lowest BCUT2D eigenvalue weighted by atomic mass is 10.3. The van der Waals surface area contributed by atoms with E-state index in [-0.39, 0.29) is 0 Å². The van der Waals surface area contributed by atoms with E-state index >= 15 is 0 Å². The molecule has 0 bridgehead atoms. The van der Waals surface area contributed by atoms with Gasteiger partial charge in [0.05, 0.1) is 0 Å². The van der Waals surface area contributed by atoms with Gasteiger partial charge in [0.2, 0.25) is 0 Å². The minimum Gasteiger partial charge on any atom is -0.360 e. The molecule has 0 aliphatic heterocycles. The molecule has 0 amide bonds. The van der Waals surface area contributed by atoms with E-state index in [2.05, 4.69) is 39.1 Å². The number of rotatable bonds is 7. The van der Waals surface area contributed by atoms with Crippen molar-refractivity contribution in [2.24, 2.45) is 0 Å². The summed E-state index contributed by atoms with van der Waals surface area (Å²) in [6, 6.07) is 2.03. The largest absolute Gasteiger partial charge is 0.360 e. The quantitative estimate of drug-likeness (QED) is 0.716. The molecule has 0 radical (unpaired) electrons. The molecule has 1 N–H and O–H groups in total. The molecule has 0 unspecified atom stereocenters. The Bertz CT molecular complexity index is 328. The van der Waals surface area contributed by atoms with Crippen molar-refractivity contribution < 1.29 is 0 Å².